The minimum absolute atomic E-state index is 0.150. The highest BCUT2D eigenvalue weighted by molar-refractivity contribution is 5.70. The smallest absolute Gasteiger partial charge is 0.306 e. The third-order valence-electron chi connectivity index (χ3n) is 13.7. The lowest BCUT2D eigenvalue weighted by atomic mass is 10.0. The van der Waals surface area contributed by atoms with Crippen LogP contribution in [0.25, 0.3) is 0 Å². The van der Waals surface area contributed by atoms with Gasteiger partial charge in [-0.25, -0.2) is 0 Å². The Morgan fingerprint density at radius 1 is 0.408 bits per heavy atom. The van der Waals surface area contributed by atoms with Crippen LogP contribution in [0.1, 0.15) is 296 Å². The molecule has 0 aromatic heterocycles. The van der Waals surface area contributed by atoms with Crippen LogP contribution < -0.4 is 5.11 Å². The first-order chi connectivity index (χ1) is 34.6. The van der Waals surface area contributed by atoms with Gasteiger partial charge in [0.15, 0.2) is 12.4 Å². The van der Waals surface area contributed by atoms with Crippen LogP contribution in [0.2, 0.25) is 0 Å². The number of carbonyl (C=O) groups is 3. The highest BCUT2D eigenvalue weighted by atomic mass is 16.7. The summed E-state index contributed by atoms with van der Waals surface area (Å²) in [5.74, 6) is -2.26. The summed E-state index contributed by atoms with van der Waals surface area (Å²) >= 11 is 0. The number of aliphatic carboxylic acids is 1. The minimum atomic E-state index is -1.62. The minimum Gasteiger partial charge on any atom is -0.545 e. The fraction of sp³-hybridized carbons (Fsp3) is 0.887. The number of carboxylic acid groups (broad SMARTS) is 1. The van der Waals surface area contributed by atoms with Crippen molar-refractivity contribution in [1.29, 1.82) is 0 Å². The summed E-state index contributed by atoms with van der Waals surface area (Å²) in [6.45, 7) is 4.79. The van der Waals surface area contributed by atoms with Crippen molar-refractivity contribution in [2.75, 3.05) is 47.5 Å². The van der Waals surface area contributed by atoms with Gasteiger partial charge in [0, 0.05) is 12.8 Å². The topological polar surface area (TPSA) is 111 Å². The number of carbonyl (C=O) groups excluding carboxylic acids is 3. The zero-order valence-electron chi connectivity index (χ0n) is 47.6. The van der Waals surface area contributed by atoms with Crippen molar-refractivity contribution in [2.45, 2.75) is 309 Å². The Bertz CT molecular complexity index is 1210. The van der Waals surface area contributed by atoms with Gasteiger partial charge < -0.3 is 33.3 Å². The van der Waals surface area contributed by atoms with Gasteiger partial charge in [-0.15, -0.1) is 0 Å². The summed E-state index contributed by atoms with van der Waals surface area (Å²) in [7, 11) is 5.93. The van der Waals surface area contributed by atoms with E-state index in [-0.39, 0.29) is 32.2 Å². The molecular formula is C62H117NO8. The summed E-state index contributed by atoms with van der Waals surface area (Å²) in [6.07, 6.45) is 60.9. The number of allylic oxidation sites excluding steroid dienone is 4. The number of ether oxygens (including phenoxy) is 4. The number of quaternary nitrogens is 1. The molecule has 0 spiro atoms. The molecule has 71 heavy (non-hydrogen) atoms. The molecule has 9 heteroatoms. The molecule has 0 saturated heterocycles. The predicted octanol–water partition coefficient (Wildman–Crippen LogP) is 16.6. The van der Waals surface area contributed by atoms with Crippen LogP contribution in [0.3, 0.4) is 0 Å². The maximum Gasteiger partial charge on any atom is 0.306 e. The Morgan fingerprint density at radius 2 is 0.718 bits per heavy atom. The van der Waals surface area contributed by atoms with Crippen LogP contribution in [-0.2, 0) is 33.3 Å². The van der Waals surface area contributed by atoms with E-state index in [4.69, 9.17) is 18.9 Å². The van der Waals surface area contributed by atoms with E-state index in [2.05, 4.69) is 38.2 Å². The first kappa shape index (κ1) is 68.8. The van der Waals surface area contributed by atoms with Crippen molar-refractivity contribution >= 4 is 17.9 Å². The lowest BCUT2D eigenvalue weighted by Gasteiger charge is -2.26. The molecule has 0 aromatic rings. The number of rotatable bonds is 57. The maximum atomic E-state index is 12.9. The number of carboxylic acids is 1. The van der Waals surface area contributed by atoms with Gasteiger partial charge in [0.25, 0.3) is 0 Å². The standard InChI is InChI=1S/C62H117NO8/c1-6-8-10-12-14-16-18-20-22-24-26-27-28-29-30-31-32-33-35-37-39-41-43-45-47-49-51-53-60(65)71-58(57-70-62(61(66)67)68-55-54-63(3,4)5)56-69-59(64)52-50-48-46-44-42-40-38-36-34-25-23-21-19-17-15-13-11-9-7-2/h21,23-24,26,58,62H,6-20,22,25,27-57H2,1-5H3/b23-21-,26-24-. The Kier molecular flexibility index (Phi) is 52.3. The second-order valence-electron chi connectivity index (χ2n) is 22.0. The first-order valence-corrected chi connectivity index (χ1v) is 30.5. The van der Waals surface area contributed by atoms with Gasteiger partial charge >= 0.3 is 11.9 Å². The molecule has 0 bridgehead atoms. The molecule has 0 fully saturated rings. The number of hydrogen-bond donors (Lipinski definition) is 0. The van der Waals surface area contributed by atoms with Gasteiger partial charge in [0.05, 0.1) is 40.3 Å². The fourth-order valence-corrected chi connectivity index (χ4v) is 8.94. The van der Waals surface area contributed by atoms with Crippen LogP contribution in [0, 0.1) is 0 Å². The van der Waals surface area contributed by atoms with E-state index in [1.165, 1.54) is 231 Å². The zero-order valence-corrected chi connectivity index (χ0v) is 47.6. The average molecular weight is 1000 g/mol. The van der Waals surface area contributed by atoms with Gasteiger partial charge in [-0.3, -0.25) is 9.59 Å². The van der Waals surface area contributed by atoms with E-state index in [0.717, 1.165) is 38.5 Å². The van der Waals surface area contributed by atoms with E-state index < -0.39 is 24.3 Å². The summed E-state index contributed by atoms with van der Waals surface area (Å²) in [5.41, 5.74) is 0. The summed E-state index contributed by atoms with van der Waals surface area (Å²) in [4.78, 5) is 37.3. The second-order valence-corrected chi connectivity index (χ2v) is 22.0. The number of unbranched alkanes of at least 4 members (excludes halogenated alkanes) is 38. The number of esters is 2. The largest absolute Gasteiger partial charge is 0.545 e. The summed E-state index contributed by atoms with van der Waals surface area (Å²) in [6, 6.07) is 0. The summed E-state index contributed by atoms with van der Waals surface area (Å²) in [5, 5.41) is 11.8. The molecule has 0 N–H and O–H groups in total. The van der Waals surface area contributed by atoms with E-state index in [1.807, 2.05) is 21.1 Å². The van der Waals surface area contributed by atoms with E-state index >= 15 is 0 Å². The highest BCUT2D eigenvalue weighted by Crippen LogP contribution is 2.17. The third-order valence-corrected chi connectivity index (χ3v) is 13.7. The first-order valence-electron chi connectivity index (χ1n) is 30.5. The molecule has 2 atom stereocenters. The van der Waals surface area contributed by atoms with E-state index in [9.17, 15) is 19.5 Å². The van der Waals surface area contributed by atoms with Crippen LogP contribution >= 0.6 is 0 Å². The molecule has 0 rings (SSSR count). The molecule has 0 aliphatic carbocycles. The molecule has 0 radical (unpaired) electrons. The lowest BCUT2D eigenvalue weighted by Crippen LogP contribution is -2.44. The van der Waals surface area contributed by atoms with Crippen molar-refractivity contribution in [1.82, 2.24) is 0 Å². The van der Waals surface area contributed by atoms with Crippen molar-refractivity contribution in [3.63, 3.8) is 0 Å². The molecular weight excluding hydrogens is 887 g/mol. The third kappa shape index (κ3) is 55.4. The second kappa shape index (κ2) is 54.0. The average Bonchev–Trinajstić information content (AvgIpc) is 3.34. The molecule has 0 heterocycles. The van der Waals surface area contributed by atoms with Crippen LogP contribution in [0.15, 0.2) is 24.3 Å². The van der Waals surface area contributed by atoms with Crippen molar-refractivity contribution in [3.05, 3.63) is 24.3 Å². The highest BCUT2D eigenvalue weighted by Gasteiger charge is 2.22. The monoisotopic (exact) mass is 1000 g/mol. The Hall–Kier alpha value is -2.23. The number of likely N-dealkylation sites (N-methyl/N-ethyl adjacent to an activating group) is 1. The molecule has 0 aliphatic rings. The Labute approximate surface area is 439 Å². The molecule has 0 aromatic carbocycles. The molecule has 0 aliphatic heterocycles. The van der Waals surface area contributed by atoms with Gasteiger partial charge in [0.2, 0.25) is 0 Å². The lowest BCUT2D eigenvalue weighted by molar-refractivity contribution is -0.870. The van der Waals surface area contributed by atoms with Gasteiger partial charge in [-0.05, 0) is 64.2 Å². The van der Waals surface area contributed by atoms with Crippen molar-refractivity contribution in [3.8, 4) is 0 Å². The molecule has 418 valence electrons. The molecule has 2 unspecified atom stereocenters. The van der Waals surface area contributed by atoms with Gasteiger partial charge in [0.1, 0.15) is 13.2 Å². The number of nitrogens with zero attached hydrogens (tertiary/aromatic N) is 1. The van der Waals surface area contributed by atoms with Gasteiger partial charge in [-0.2, -0.15) is 0 Å². The Balaban J connectivity index is 4.16. The van der Waals surface area contributed by atoms with Crippen molar-refractivity contribution < 1.29 is 42.9 Å². The molecule has 0 saturated carbocycles. The quantitative estimate of drug-likeness (QED) is 0.0195. The van der Waals surface area contributed by atoms with Gasteiger partial charge in [-0.1, -0.05) is 244 Å². The zero-order chi connectivity index (χ0) is 52.0. The number of hydrogen-bond acceptors (Lipinski definition) is 8. The van der Waals surface area contributed by atoms with Crippen LogP contribution in [0.4, 0.5) is 0 Å². The van der Waals surface area contributed by atoms with E-state index in [0.29, 0.717) is 17.4 Å². The SMILES string of the molecule is CCCCCCCC/C=C\CCCCCCCCCCCC(=O)OCC(COC(OCC[N+](C)(C)C)C(=O)[O-])OC(=O)CCCCCCCCCCCCCCCCC/C=C\CCCCCCCCCC. The fourth-order valence-electron chi connectivity index (χ4n) is 8.94. The molecule has 0 amide bonds. The van der Waals surface area contributed by atoms with Crippen molar-refractivity contribution in [2.24, 2.45) is 0 Å². The van der Waals surface area contributed by atoms with Crippen LogP contribution in [0.5, 0.6) is 0 Å². The predicted molar refractivity (Wildman–Crippen MR) is 297 cm³/mol. The molecule has 9 nitrogen and oxygen atoms in total. The Morgan fingerprint density at radius 3 is 1.04 bits per heavy atom. The van der Waals surface area contributed by atoms with Crippen LogP contribution in [-0.4, -0.2) is 82.3 Å². The normalized spacial score (nSPS) is 12.9. The maximum absolute atomic E-state index is 12.9. The summed E-state index contributed by atoms with van der Waals surface area (Å²) < 4.78 is 22.7. The van der Waals surface area contributed by atoms with E-state index in [1.54, 1.807) is 0 Å².